The van der Waals surface area contributed by atoms with E-state index < -0.39 is 0 Å². The van der Waals surface area contributed by atoms with Gasteiger partial charge in [0.25, 0.3) is 5.91 Å². The monoisotopic (exact) mass is 384 g/mol. The Kier molecular flexibility index (Phi) is 6.30. The van der Waals surface area contributed by atoms with Crippen LogP contribution in [0, 0.1) is 13.8 Å². The van der Waals surface area contributed by atoms with Crippen LogP contribution in [0.5, 0.6) is 5.75 Å². The summed E-state index contributed by atoms with van der Waals surface area (Å²) in [5, 5.41) is 5.37. The van der Waals surface area contributed by atoms with E-state index in [1.165, 1.54) is 16.2 Å². The van der Waals surface area contributed by atoms with Gasteiger partial charge in [0.05, 0.1) is 5.69 Å². The molecule has 26 heavy (non-hydrogen) atoms. The second-order valence-corrected chi connectivity index (χ2v) is 7.69. The highest BCUT2D eigenvalue weighted by atomic mass is 32.2. The molecule has 134 valence electrons. The summed E-state index contributed by atoms with van der Waals surface area (Å²) in [6.45, 7) is 3.98. The van der Waals surface area contributed by atoms with E-state index >= 15 is 0 Å². The van der Waals surface area contributed by atoms with Gasteiger partial charge in [0.2, 0.25) is 0 Å². The minimum atomic E-state index is -0.206. The van der Waals surface area contributed by atoms with E-state index in [0.29, 0.717) is 5.13 Å². The molecule has 0 saturated heterocycles. The van der Waals surface area contributed by atoms with E-state index in [9.17, 15) is 4.79 Å². The molecule has 1 aromatic heterocycles. The average molecular weight is 385 g/mol. The standard InChI is InChI=1S/C20H20N2O2S2/c1-14-7-6-10-18(15(14)2)24-11-19(23)22-20-21-16(13-26-20)12-25-17-8-4-3-5-9-17/h3-10,13H,11-12H2,1-2H3,(H,21,22,23). The van der Waals surface area contributed by atoms with Crippen molar-refractivity contribution in [2.24, 2.45) is 0 Å². The first-order valence-electron chi connectivity index (χ1n) is 8.23. The second-order valence-electron chi connectivity index (χ2n) is 5.78. The molecule has 0 aliphatic carbocycles. The molecule has 4 nitrogen and oxygen atoms in total. The summed E-state index contributed by atoms with van der Waals surface area (Å²) in [6, 6.07) is 16.0. The van der Waals surface area contributed by atoms with Crippen LogP contribution in [0.3, 0.4) is 0 Å². The Labute approximate surface area is 161 Å². The summed E-state index contributed by atoms with van der Waals surface area (Å²) < 4.78 is 5.62. The molecule has 2 aromatic carbocycles. The predicted molar refractivity (Wildman–Crippen MR) is 108 cm³/mol. The summed E-state index contributed by atoms with van der Waals surface area (Å²) >= 11 is 3.15. The number of anilines is 1. The van der Waals surface area contributed by atoms with Crippen molar-refractivity contribution in [1.29, 1.82) is 0 Å². The zero-order chi connectivity index (χ0) is 18.4. The van der Waals surface area contributed by atoms with E-state index in [2.05, 4.69) is 22.4 Å². The van der Waals surface area contributed by atoms with Gasteiger partial charge in [0.15, 0.2) is 11.7 Å². The molecule has 0 saturated carbocycles. The fraction of sp³-hybridized carbons (Fsp3) is 0.200. The smallest absolute Gasteiger partial charge is 0.264 e. The fourth-order valence-electron chi connectivity index (χ4n) is 2.28. The predicted octanol–water partition coefficient (Wildman–Crippen LogP) is 5.07. The molecule has 0 aliphatic rings. The van der Waals surface area contributed by atoms with Gasteiger partial charge in [-0.05, 0) is 43.2 Å². The van der Waals surface area contributed by atoms with Gasteiger partial charge < -0.3 is 4.74 Å². The third-order valence-corrected chi connectivity index (χ3v) is 5.69. The third-order valence-electron chi connectivity index (χ3n) is 3.84. The maximum Gasteiger partial charge on any atom is 0.264 e. The van der Waals surface area contributed by atoms with Gasteiger partial charge in [-0.1, -0.05) is 30.3 Å². The molecule has 1 amide bonds. The van der Waals surface area contributed by atoms with E-state index in [4.69, 9.17) is 4.74 Å². The van der Waals surface area contributed by atoms with Crippen molar-refractivity contribution in [2.45, 2.75) is 24.5 Å². The highest BCUT2D eigenvalue weighted by Gasteiger charge is 2.09. The first-order valence-corrected chi connectivity index (χ1v) is 10.1. The molecule has 3 rings (SSSR count). The van der Waals surface area contributed by atoms with Crippen molar-refractivity contribution in [3.63, 3.8) is 0 Å². The summed E-state index contributed by atoms with van der Waals surface area (Å²) in [5.74, 6) is 1.30. The van der Waals surface area contributed by atoms with Crippen LogP contribution in [-0.2, 0) is 10.5 Å². The number of carbonyl (C=O) groups is 1. The summed E-state index contributed by atoms with van der Waals surface area (Å²) in [7, 11) is 0. The number of hydrogen-bond donors (Lipinski definition) is 1. The first kappa shape index (κ1) is 18.5. The first-order chi connectivity index (χ1) is 12.6. The number of ether oxygens (including phenoxy) is 1. The number of nitrogens with zero attached hydrogens (tertiary/aromatic N) is 1. The van der Waals surface area contributed by atoms with Gasteiger partial charge in [-0.2, -0.15) is 0 Å². The number of carbonyl (C=O) groups excluding carboxylic acids is 1. The lowest BCUT2D eigenvalue weighted by molar-refractivity contribution is -0.118. The molecular formula is C20H20N2O2S2. The number of aromatic nitrogens is 1. The number of thiazole rings is 1. The average Bonchev–Trinajstić information content (AvgIpc) is 3.09. The molecule has 0 unspecified atom stereocenters. The largest absolute Gasteiger partial charge is 0.483 e. The van der Waals surface area contributed by atoms with Gasteiger partial charge in [0, 0.05) is 16.0 Å². The molecule has 0 aliphatic heterocycles. The van der Waals surface area contributed by atoms with Crippen LogP contribution in [0.15, 0.2) is 58.8 Å². The van der Waals surface area contributed by atoms with Crippen LogP contribution in [0.4, 0.5) is 5.13 Å². The van der Waals surface area contributed by atoms with Crippen LogP contribution < -0.4 is 10.1 Å². The molecule has 0 fully saturated rings. The number of amides is 1. The summed E-state index contributed by atoms with van der Waals surface area (Å²) in [5.41, 5.74) is 3.15. The van der Waals surface area contributed by atoms with Gasteiger partial charge in [-0.25, -0.2) is 4.98 Å². The minimum Gasteiger partial charge on any atom is -0.483 e. The Bertz CT molecular complexity index is 879. The lowest BCUT2D eigenvalue weighted by Crippen LogP contribution is -2.20. The van der Waals surface area contributed by atoms with Gasteiger partial charge in [0.1, 0.15) is 5.75 Å². The zero-order valence-corrected chi connectivity index (χ0v) is 16.3. The van der Waals surface area contributed by atoms with E-state index in [1.807, 2.05) is 55.6 Å². The summed E-state index contributed by atoms with van der Waals surface area (Å²) in [4.78, 5) is 17.8. The number of rotatable bonds is 7. The normalized spacial score (nSPS) is 10.5. The number of thioether (sulfide) groups is 1. The molecule has 0 atom stereocenters. The molecule has 6 heteroatoms. The molecule has 0 radical (unpaired) electrons. The maximum atomic E-state index is 12.1. The van der Waals surface area contributed by atoms with E-state index in [1.54, 1.807) is 11.8 Å². The topological polar surface area (TPSA) is 51.2 Å². The quantitative estimate of drug-likeness (QED) is 0.578. The van der Waals surface area contributed by atoms with E-state index in [0.717, 1.165) is 28.3 Å². The molecule has 0 bridgehead atoms. The number of benzene rings is 2. The fourth-order valence-corrected chi connectivity index (χ4v) is 3.93. The van der Waals surface area contributed by atoms with Gasteiger partial charge in [-0.15, -0.1) is 23.1 Å². The lowest BCUT2D eigenvalue weighted by atomic mass is 10.1. The summed E-state index contributed by atoms with van der Waals surface area (Å²) in [6.07, 6.45) is 0. The van der Waals surface area contributed by atoms with Crippen molar-refractivity contribution in [1.82, 2.24) is 4.98 Å². The molecule has 1 heterocycles. The third kappa shape index (κ3) is 5.09. The lowest BCUT2D eigenvalue weighted by Gasteiger charge is -2.10. The van der Waals surface area contributed by atoms with Gasteiger partial charge in [-0.3, -0.25) is 10.1 Å². The molecule has 3 aromatic rings. The molecule has 1 N–H and O–H groups in total. The number of nitrogens with one attached hydrogen (secondary N) is 1. The molecular weight excluding hydrogens is 364 g/mol. The SMILES string of the molecule is Cc1cccc(OCC(=O)Nc2nc(CSc3ccccc3)cs2)c1C. The molecule has 0 spiro atoms. The van der Waals surface area contributed by atoms with Crippen molar-refractivity contribution in [3.8, 4) is 5.75 Å². The van der Waals surface area contributed by atoms with Crippen molar-refractivity contribution < 1.29 is 9.53 Å². The minimum absolute atomic E-state index is 0.0298. The van der Waals surface area contributed by atoms with E-state index in [-0.39, 0.29) is 12.5 Å². The van der Waals surface area contributed by atoms with Crippen LogP contribution in [0.2, 0.25) is 0 Å². The zero-order valence-electron chi connectivity index (χ0n) is 14.7. The Balaban J connectivity index is 1.49. The van der Waals surface area contributed by atoms with Gasteiger partial charge >= 0.3 is 0 Å². The van der Waals surface area contributed by atoms with Crippen LogP contribution in [-0.4, -0.2) is 17.5 Å². The van der Waals surface area contributed by atoms with Crippen LogP contribution in [0.25, 0.3) is 0 Å². The van der Waals surface area contributed by atoms with Crippen molar-refractivity contribution in [3.05, 3.63) is 70.7 Å². The Morgan fingerprint density at radius 1 is 1.15 bits per heavy atom. The van der Waals surface area contributed by atoms with Crippen LogP contribution in [0.1, 0.15) is 16.8 Å². The Morgan fingerprint density at radius 2 is 1.96 bits per heavy atom. The number of hydrogen-bond acceptors (Lipinski definition) is 5. The Hall–Kier alpha value is -2.31. The number of aryl methyl sites for hydroxylation is 1. The Morgan fingerprint density at radius 3 is 2.77 bits per heavy atom. The second kappa shape index (κ2) is 8.87. The maximum absolute atomic E-state index is 12.1. The van der Waals surface area contributed by atoms with Crippen molar-refractivity contribution >= 4 is 34.1 Å². The highest BCUT2D eigenvalue weighted by molar-refractivity contribution is 7.98. The highest BCUT2D eigenvalue weighted by Crippen LogP contribution is 2.25. The van der Waals surface area contributed by atoms with Crippen LogP contribution >= 0.6 is 23.1 Å². The van der Waals surface area contributed by atoms with Crippen molar-refractivity contribution in [2.75, 3.05) is 11.9 Å².